The van der Waals surface area contributed by atoms with Crippen LogP contribution in [-0.4, -0.2) is 31.8 Å². The van der Waals surface area contributed by atoms with Crippen molar-refractivity contribution in [2.75, 3.05) is 17.6 Å². The van der Waals surface area contributed by atoms with E-state index in [-0.39, 0.29) is 21.6 Å². The fourth-order valence-corrected chi connectivity index (χ4v) is 5.43. The largest absolute Gasteiger partial charge is 0.478 e. The Morgan fingerprint density at radius 3 is 2.60 bits per heavy atom. The highest BCUT2D eigenvalue weighted by Gasteiger charge is 2.41. The predicted molar refractivity (Wildman–Crippen MR) is 74.8 cm³/mol. The van der Waals surface area contributed by atoms with E-state index in [1.807, 2.05) is 0 Å². The topological polar surface area (TPSA) is 83.5 Å². The number of carbonyl (C=O) groups is 1. The number of hydrogen-bond donors (Lipinski definition) is 2. The van der Waals surface area contributed by atoms with Crippen LogP contribution in [0.25, 0.3) is 0 Å². The number of sulfone groups is 1. The molecule has 1 fully saturated rings. The third-order valence-corrected chi connectivity index (χ3v) is 6.39. The Hall–Kier alpha value is -1.56. The Bertz CT molecular complexity index is 660. The maximum Gasteiger partial charge on any atom is 0.335 e. The summed E-state index contributed by atoms with van der Waals surface area (Å²) in [6, 6.07) is 4.19. The number of hydrogen-bond acceptors (Lipinski definition) is 4. The minimum absolute atomic E-state index is 0.105. The molecule has 0 atom stereocenters. The standard InChI is InChI=1S/C14H17NO4S/c16-13(17)10-3-4-12-11(7-10)15-8-14(5-1-2-6-14)9-20(12,18)19/h3-4,7,15H,1-2,5-6,8-9H2,(H,16,17). The molecular formula is C14H17NO4S. The Labute approximate surface area is 117 Å². The highest BCUT2D eigenvalue weighted by atomic mass is 32.2. The summed E-state index contributed by atoms with van der Waals surface area (Å²) in [7, 11) is -3.37. The molecule has 0 saturated heterocycles. The van der Waals surface area contributed by atoms with Crippen molar-refractivity contribution >= 4 is 21.5 Å². The van der Waals surface area contributed by atoms with Crippen LogP contribution in [0.4, 0.5) is 5.69 Å². The van der Waals surface area contributed by atoms with Crippen molar-refractivity contribution in [1.82, 2.24) is 0 Å². The van der Waals surface area contributed by atoms with Crippen LogP contribution in [0.3, 0.4) is 0 Å². The number of carboxylic acids is 1. The average molecular weight is 295 g/mol. The lowest BCUT2D eigenvalue weighted by Gasteiger charge is -2.26. The molecule has 2 N–H and O–H groups in total. The van der Waals surface area contributed by atoms with Crippen LogP contribution in [0.2, 0.25) is 0 Å². The van der Waals surface area contributed by atoms with Gasteiger partial charge in [0.2, 0.25) is 0 Å². The van der Waals surface area contributed by atoms with Gasteiger partial charge in [0.25, 0.3) is 0 Å². The number of nitrogens with one attached hydrogen (secondary N) is 1. The van der Waals surface area contributed by atoms with Gasteiger partial charge in [0, 0.05) is 12.0 Å². The SMILES string of the molecule is O=C(O)c1ccc2c(c1)NCC1(CCCC1)CS2(=O)=O. The number of fused-ring (bicyclic) bond motifs is 1. The first-order valence-corrected chi connectivity index (χ1v) is 8.41. The molecular weight excluding hydrogens is 278 g/mol. The van der Waals surface area contributed by atoms with E-state index in [2.05, 4.69) is 5.32 Å². The second-order valence-electron chi connectivity index (χ2n) is 5.84. The van der Waals surface area contributed by atoms with Crippen molar-refractivity contribution in [3.05, 3.63) is 23.8 Å². The molecule has 1 aliphatic carbocycles. The molecule has 108 valence electrons. The van der Waals surface area contributed by atoms with Crippen LogP contribution in [0.5, 0.6) is 0 Å². The van der Waals surface area contributed by atoms with Gasteiger partial charge in [-0.3, -0.25) is 0 Å². The summed E-state index contributed by atoms with van der Waals surface area (Å²) in [6.45, 7) is 0.600. The number of benzene rings is 1. The van der Waals surface area contributed by atoms with E-state index in [0.717, 1.165) is 25.7 Å². The van der Waals surface area contributed by atoms with Crippen LogP contribution in [-0.2, 0) is 9.84 Å². The third-order valence-electron chi connectivity index (χ3n) is 4.38. The monoisotopic (exact) mass is 295 g/mol. The van der Waals surface area contributed by atoms with Gasteiger partial charge in [-0.1, -0.05) is 12.8 Å². The maximum atomic E-state index is 12.5. The molecule has 1 aromatic rings. The normalized spacial score (nSPS) is 22.8. The summed E-state index contributed by atoms with van der Waals surface area (Å²) >= 11 is 0. The zero-order valence-electron chi connectivity index (χ0n) is 11.1. The van der Waals surface area contributed by atoms with Crippen LogP contribution < -0.4 is 5.32 Å². The first-order chi connectivity index (χ1) is 9.42. The van der Waals surface area contributed by atoms with Gasteiger partial charge in [0.1, 0.15) is 0 Å². The molecule has 5 nitrogen and oxygen atoms in total. The minimum atomic E-state index is -3.37. The lowest BCUT2D eigenvalue weighted by Crippen LogP contribution is -2.31. The van der Waals surface area contributed by atoms with E-state index in [9.17, 15) is 13.2 Å². The Morgan fingerprint density at radius 2 is 1.95 bits per heavy atom. The molecule has 6 heteroatoms. The van der Waals surface area contributed by atoms with Crippen LogP contribution in [0.1, 0.15) is 36.0 Å². The lowest BCUT2D eigenvalue weighted by molar-refractivity contribution is 0.0697. The van der Waals surface area contributed by atoms with Crippen molar-refractivity contribution in [2.24, 2.45) is 5.41 Å². The van der Waals surface area contributed by atoms with Crippen LogP contribution >= 0.6 is 0 Å². The van der Waals surface area contributed by atoms with Gasteiger partial charge in [-0.25, -0.2) is 13.2 Å². The van der Waals surface area contributed by atoms with Crippen molar-refractivity contribution < 1.29 is 18.3 Å². The summed E-state index contributed by atoms with van der Waals surface area (Å²) in [4.78, 5) is 11.2. The fraction of sp³-hybridized carbons (Fsp3) is 0.500. The molecule has 1 spiro atoms. The summed E-state index contributed by atoms with van der Waals surface area (Å²) in [5, 5.41) is 12.2. The van der Waals surface area contributed by atoms with E-state index < -0.39 is 15.8 Å². The molecule has 0 bridgehead atoms. The summed E-state index contributed by atoms with van der Waals surface area (Å²) in [6.07, 6.45) is 3.96. The summed E-state index contributed by atoms with van der Waals surface area (Å²) in [5.74, 6) is -0.890. The van der Waals surface area contributed by atoms with Gasteiger partial charge in [0.05, 0.1) is 21.9 Å². The molecule has 1 heterocycles. The number of aromatic carboxylic acids is 1. The summed E-state index contributed by atoms with van der Waals surface area (Å²) in [5.41, 5.74) is 0.337. The van der Waals surface area contributed by atoms with Crippen molar-refractivity contribution in [1.29, 1.82) is 0 Å². The lowest BCUT2D eigenvalue weighted by atomic mass is 9.88. The molecule has 0 amide bonds. The molecule has 3 rings (SSSR count). The zero-order valence-corrected chi connectivity index (χ0v) is 11.9. The fourth-order valence-electron chi connectivity index (χ4n) is 3.33. The molecule has 1 aliphatic heterocycles. The van der Waals surface area contributed by atoms with E-state index in [1.54, 1.807) is 0 Å². The van der Waals surface area contributed by atoms with Gasteiger partial charge in [-0.05, 0) is 31.0 Å². The number of carboxylic acid groups (broad SMARTS) is 1. The number of anilines is 1. The van der Waals surface area contributed by atoms with Crippen LogP contribution in [0.15, 0.2) is 23.1 Å². The third kappa shape index (κ3) is 2.18. The first kappa shape index (κ1) is 13.4. The average Bonchev–Trinajstić information content (AvgIpc) is 2.79. The second kappa shape index (κ2) is 4.48. The molecule has 20 heavy (non-hydrogen) atoms. The van der Waals surface area contributed by atoms with E-state index in [4.69, 9.17) is 5.11 Å². The van der Waals surface area contributed by atoms with Crippen molar-refractivity contribution in [2.45, 2.75) is 30.6 Å². The molecule has 1 saturated carbocycles. The second-order valence-corrected chi connectivity index (χ2v) is 7.79. The van der Waals surface area contributed by atoms with Gasteiger partial charge in [-0.2, -0.15) is 0 Å². The van der Waals surface area contributed by atoms with Gasteiger partial charge in [-0.15, -0.1) is 0 Å². The van der Waals surface area contributed by atoms with Gasteiger partial charge in [0.15, 0.2) is 9.84 Å². The first-order valence-electron chi connectivity index (χ1n) is 6.76. The van der Waals surface area contributed by atoms with Gasteiger partial charge >= 0.3 is 5.97 Å². The highest BCUT2D eigenvalue weighted by molar-refractivity contribution is 7.91. The quantitative estimate of drug-likeness (QED) is 0.829. The minimum Gasteiger partial charge on any atom is -0.478 e. The Kier molecular flexibility index (Phi) is 3.01. The molecule has 1 aromatic carbocycles. The zero-order chi connectivity index (χ0) is 14.4. The Balaban J connectivity index is 2.06. The van der Waals surface area contributed by atoms with E-state index in [0.29, 0.717) is 12.2 Å². The molecule has 0 radical (unpaired) electrons. The van der Waals surface area contributed by atoms with Gasteiger partial charge < -0.3 is 10.4 Å². The highest BCUT2D eigenvalue weighted by Crippen LogP contribution is 2.43. The molecule has 0 aromatic heterocycles. The number of rotatable bonds is 1. The van der Waals surface area contributed by atoms with Crippen molar-refractivity contribution in [3.63, 3.8) is 0 Å². The molecule has 0 unspecified atom stereocenters. The van der Waals surface area contributed by atoms with Crippen molar-refractivity contribution in [3.8, 4) is 0 Å². The predicted octanol–water partition coefficient (Wildman–Crippen LogP) is 2.14. The van der Waals surface area contributed by atoms with Crippen LogP contribution in [0, 0.1) is 5.41 Å². The molecule has 2 aliphatic rings. The smallest absolute Gasteiger partial charge is 0.335 e. The summed E-state index contributed by atoms with van der Waals surface area (Å²) < 4.78 is 25.1. The Morgan fingerprint density at radius 1 is 1.25 bits per heavy atom. The van der Waals surface area contributed by atoms with E-state index >= 15 is 0 Å². The van der Waals surface area contributed by atoms with E-state index in [1.165, 1.54) is 18.2 Å². The maximum absolute atomic E-state index is 12.5.